The molecule has 0 amide bonds. The van der Waals surface area contributed by atoms with Crippen LogP contribution < -0.4 is 5.73 Å². The summed E-state index contributed by atoms with van der Waals surface area (Å²) < 4.78 is 13.4. The summed E-state index contributed by atoms with van der Waals surface area (Å²) >= 11 is 7.31. The SMILES string of the molecule is NC(c1ncccc1F)c1sccc1Cl. The number of nitrogens with two attached hydrogens (primary N) is 1. The Kier molecular flexibility index (Phi) is 3.00. The third-order valence-electron chi connectivity index (χ3n) is 2.01. The van der Waals surface area contributed by atoms with Crippen LogP contribution in [0.2, 0.25) is 5.02 Å². The lowest BCUT2D eigenvalue weighted by Gasteiger charge is -2.10. The molecule has 0 aliphatic heterocycles. The molecule has 78 valence electrons. The zero-order valence-electron chi connectivity index (χ0n) is 7.65. The van der Waals surface area contributed by atoms with E-state index in [1.165, 1.54) is 29.7 Å². The average molecular weight is 243 g/mol. The van der Waals surface area contributed by atoms with Gasteiger partial charge in [-0.15, -0.1) is 11.3 Å². The van der Waals surface area contributed by atoms with E-state index < -0.39 is 11.9 Å². The predicted molar refractivity (Wildman–Crippen MR) is 59.6 cm³/mol. The summed E-state index contributed by atoms with van der Waals surface area (Å²) in [5.41, 5.74) is 6.11. The normalized spacial score (nSPS) is 12.7. The van der Waals surface area contributed by atoms with Gasteiger partial charge in [-0.05, 0) is 23.6 Å². The highest BCUT2D eigenvalue weighted by molar-refractivity contribution is 7.10. The maximum absolute atomic E-state index is 13.4. The van der Waals surface area contributed by atoms with Gasteiger partial charge in [0.15, 0.2) is 0 Å². The van der Waals surface area contributed by atoms with Crippen LogP contribution in [-0.4, -0.2) is 4.98 Å². The average Bonchev–Trinajstić information content (AvgIpc) is 2.64. The first-order valence-electron chi connectivity index (χ1n) is 4.29. The van der Waals surface area contributed by atoms with Crippen LogP contribution in [0.5, 0.6) is 0 Å². The molecule has 2 N–H and O–H groups in total. The predicted octanol–water partition coefficient (Wildman–Crippen LogP) is 2.98. The second kappa shape index (κ2) is 4.26. The summed E-state index contributed by atoms with van der Waals surface area (Å²) in [6.45, 7) is 0. The monoisotopic (exact) mass is 242 g/mol. The third kappa shape index (κ3) is 2.02. The van der Waals surface area contributed by atoms with Gasteiger partial charge in [0.1, 0.15) is 5.82 Å². The molecular formula is C10H8ClFN2S. The number of aromatic nitrogens is 1. The smallest absolute Gasteiger partial charge is 0.146 e. The fraction of sp³-hybridized carbons (Fsp3) is 0.100. The van der Waals surface area contributed by atoms with Crippen LogP contribution >= 0.6 is 22.9 Å². The molecule has 0 bridgehead atoms. The highest BCUT2D eigenvalue weighted by Crippen LogP contribution is 2.31. The van der Waals surface area contributed by atoms with Crippen molar-refractivity contribution < 1.29 is 4.39 Å². The Bertz CT molecular complexity index is 472. The van der Waals surface area contributed by atoms with E-state index in [2.05, 4.69) is 4.98 Å². The Morgan fingerprint density at radius 1 is 1.47 bits per heavy atom. The molecule has 5 heteroatoms. The van der Waals surface area contributed by atoms with E-state index in [4.69, 9.17) is 17.3 Å². The molecule has 0 aliphatic carbocycles. The zero-order chi connectivity index (χ0) is 10.8. The van der Waals surface area contributed by atoms with Crippen LogP contribution in [0, 0.1) is 5.82 Å². The minimum Gasteiger partial charge on any atom is -0.318 e. The molecule has 2 aromatic rings. The Labute approximate surface area is 95.5 Å². The molecule has 0 aliphatic rings. The van der Waals surface area contributed by atoms with Crippen molar-refractivity contribution in [1.29, 1.82) is 0 Å². The van der Waals surface area contributed by atoms with Gasteiger partial charge in [0.2, 0.25) is 0 Å². The van der Waals surface area contributed by atoms with Crippen molar-refractivity contribution in [1.82, 2.24) is 4.98 Å². The maximum atomic E-state index is 13.4. The van der Waals surface area contributed by atoms with E-state index in [0.717, 1.165) is 4.88 Å². The number of hydrogen-bond donors (Lipinski definition) is 1. The summed E-state index contributed by atoms with van der Waals surface area (Å²) in [4.78, 5) is 4.65. The first-order valence-corrected chi connectivity index (χ1v) is 5.55. The molecule has 2 heterocycles. The van der Waals surface area contributed by atoms with Crippen LogP contribution in [0.25, 0.3) is 0 Å². The van der Waals surface area contributed by atoms with Gasteiger partial charge in [0.25, 0.3) is 0 Å². The molecule has 0 fully saturated rings. The summed E-state index contributed by atoms with van der Waals surface area (Å²) in [5.74, 6) is -0.408. The summed E-state index contributed by atoms with van der Waals surface area (Å²) in [7, 11) is 0. The fourth-order valence-electron chi connectivity index (χ4n) is 1.28. The van der Waals surface area contributed by atoms with Crippen molar-refractivity contribution in [2.75, 3.05) is 0 Å². The molecule has 1 unspecified atom stereocenters. The maximum Gasteiger partial charge on any atom is 0.146 e. The molecule has 2 aromatic heterocycles. The quantitative estimate of drug-likeness (QED) is 0.879. The van der Waals surface area contributed by atoms with Gasteiger partial charge in [-0.25, -0.2) is 4.39 Å². The van der Waals surface area contributed by atoms with E-state index in [1.54, 1.807) is 6.07 Å². The van der Waals surface area contributed by atoms with Gasteiger partial charge in [0.05, 0.1) is 16.8 Å². The first kappa shape index (κ1) is 10.5. The lowest BCUT2D eigenvalue weighted by Crippen LogP contribution is -2.14. The van der Waals surface area contributed by atoms with Crippen molar-refractivity contribution in [3.63, 3.8) is 0 Å². The van der Waals surface area contributed by atoms with Crippen LogP contribution in [0.15, 0.2) is 29.8 Å². The standard InChI is InChI=1S/C10H8ClFN2S/c11-6-3-5-15-10(6)8(13)9-7(12)2-1-4-14-9/h1-5,8H,13H2. The van der Waals surface area contributed by atoms with Gasteiger partial charge in [-0.1, -0.05) is 11.6 Å². The number of pyridine rings is 1. The van der Waals surface area contributed by atoms with Gasteiger partial charge >= 0.3 is 0 Å². The summed E-state index contributed by atoms with van der Waals surface area (Å²) in [6.07, 6.45) is 1.51. The Hall–Kier alpha value is -0.970. The molecule has 0 saturated heterocycles. The number of rotatable bonds is 2. The largest absolute Gasteiger partial charge is 0.318 e. The third-order valence-corrected chi connectivity index (χ3v) is 3.45. The van der Waals surface area contributed by atoms with Crippen LogP contribution in [-0.2, 0) is 0 Å². The number of halogens is 2. The molecule has 0 aromatic carbocycles. The zero-order valence-corrected chi connectivity index (χ0v) is 9.23. The van der Waals surface area contributed by atoms with Gasteiger partial charge < -0.3 is 5.73 Å². The molecule has 0 spiro atoms. The molecular weight excluding hydrogens is 235 g/mol. The van der Waals surface area contributed by atoms with E-state index in [0.29, 0.717) is 5.02 Å². The Morgan fingerprint density at radius 2 is 2.27 bits per heavy atom. The Balaban J connectivity index is 2.41. The highest BCUT2D eigenvalue weighted by Gasteiger charge is 2.18. The topological polar surface area (TPSA) is 38.9 Å². The van der Waals surface area contributed by atoms with Crippen molar-refractivity contribution in [2.24, 2.45) is 5.73 Å². The van der Waals surface area contributed by atoms with Crippen molar-refractivity contribution >= 4 is 22.9 Å². The fourth-order valence-corrected chi connectivity index (χ4v) is 2.46. The summed E-state index contributed by atoms with van der Waals surface area (Å²) in [6, 6.07) is 4.01. The second-order valence-electron chi connectivity index (χ2n) is 2.98. The summed E-state index contributed by atoms with van der Waals surface area (Å²) in [5, 5.41) is 2.37. The van der Waals surface area contributed by atoms with Crippen LogP contribution in [0.3, 0.4) is 0 Å². The van der Waals surface area contributed by atoms with Crippen molar-refractivity contribution in [3.05, 3.63) is 51.2 Å². The van der Waals surface area contributed by atoms with Gasteiger partial charge in [-0.3, -0.25) is 4.98 Å². The van der Waals surface area contributed by atoms with Crippen molar-refractivity contribution in [2.45, 2.75) is 6.04 Å². The molecule has 0 saturated carbocycles. The van der Waals surface area contributed by atoms with E-state index in [9.17, 15) is 4.39 Å². The Morgan fingerprint density at radius 3 is 2.87 bits per heavy atom. The first-order chi connectivity index (χ1) is 7.20. The van der Waals surface area contributed by atoms with E-state index >= 15 is 0 Å². The molecule has 2 rings (SSSR count). The molecule has 0 radical (unpaired) electrons. The van der Waals surface area contributed by atoms with Gasteiger partial charge in [-0.2, -0.15) is 0 Å². The minimum absolute atomic E-state index is 0.224. The lowest BCUT2D eigenvalue weighted by molar-refractivity contribution is 0.588. The highest BCUT2D eigenvalue weighted by atomic mass is 35.5. The minimum atomic E-state index is -0.598. The van der Waals surface area contributed by atoms with Crippen LogP contribution in [0.4, 0.5) is 4.39 Å². The number of nitrogens with zero attached hydrogens (tertiary/aromatic N) is 1. The van der Waals surface area contributed by atoms with E-state index in [-0.39, 0.29) is 5.69 Å². The number of hydrogen-bond acceptors (Lipinski definition) is 3. The molecule has 1 atom stereocenters. The van der Waals surface area contributed by atoms with E-state index in [1.807, 2.05) is 5.38 Å². The van der Waals surface area contributed by atoms with Crippen LogP contribution in [0.1, 0.15) is 16.6 Å². The van der Waals surface area contributed by atoms with Crippen molar-refractivity contribution in [3.8, 4) is 0 Å². The molecule has 15 heavy (non-hydrogen) atoms. The second-order valence-corrected chi connectivity index (χ2v) is 4.34. The van der Waals surface area contributed by atoms with Gasteiger partial charge in [0, 0.05) is 11.1 Å². The lowest BCUT2D eigenvalue weighted by atomic mass is 10.1. The number of thiophene rings is 1. The molecule has 2 nitrogen and oxygen atoms in total.